The average Bonchev–Trinajstić information content (AvgIpc) is 3.08. The summed E-state index contributed by atoms with van der Waals surface area (Å²) in [6.07, 6.45) is 1.27. The Bertz CT molecular complexity index is 1760. The number of H-pyrrole nitrogens is 1. The number of rotatable bonds is 17. The molecule has 3 rings (SSSR count). The Morgan fingerprint density at radius 3 is 2.24 bits per heavy atom. The first kappa shape index (κ1) is 40.5. The molecule has 0 aliphatic heterocycles. The number of carbonyl (C=O) groups excluding carboxylic acids is 6. The number of carboxylic acids is 1. The van der Waals surface area contributed by atoms with E-state index >= 15 is 0 Å². The Hall–Kier alpha value is -5.72. The third-order valence-electron chi connectivity index (χ3n) is 6.91. The molecule has 1 aromatic carbocycles. The maximum atomic E-state index is 12.7. The van der Waals surface area contributed by atoms with Crippen LogP contribution in [0.5, 0.6) is 0 Å². The Morgan fingerprint density at radius 2 is 1.62 bits per heavy atom. The topological polar surface area (TPSA) is 311 Å². The number of thiol groups is 1. The van der Waals surface area contributed by atoms with Crippen molar-refractivity contribution in [2.24, 2.45) is 5.73 Å². The van der Waals surface area contributed by atoms with Crippen molar-refractivity contribution in [2.75, 3.05) is 16.8 Å². The van der Waals surface area contributed by atoms with E-state index in [1.807, 2.05) is 0 Å². The number of Topliss-reactive ketones (excluding diaryl/α,β-unsaturated/α-hetero) is 1. The third-order valence-corrected chi connectivity index (χ3v) is 7.46. The first-order valence-electron chi connectivity index (χ1n) is 15.1. The fourth-order valence-electron chi connectivity index (χ4n) is 4.16. The van der Waals surface area contributed by atoms with Gasteiger partial charge in [0, 0.05) is 35.9 Å². The van der Waals surface area contributed by atoms with Crippen molar-refractivity contribution in [1.82, 2.24) is 35.9 Å². The summed E-state index contributed by atoms with van der Waals surface area (Å²) in [5.41, 5.74) is 12.3. The molecule has 268 valence electrons. The first-order chi connectivity index (χ1) is 23.7. The Kier molecular flexibility index (Phi) is 16.1. The number of hydrogen-bond acceptors (Lipinski definition) is 15. The summed E-state index contributed by atoms with van der Waals surface area (Å²) in [6.45, 7) is 3.47. The summed E-state index contributed by atoms with van der Waals surface area (Å²) in [5.74, 6) is -2.93. The van der Waals surface area contributed by atoms with E-state index in [1.54, 1.807) is 19.1 Å². The number of fused-ring (bicyclic) bond motifs is 1. The van der Waals surface area contributed by atoms with E-state index in [0.29, 0.717) is 17.1 Å². The number of ketones is 1. The minimum atomic E-state index is -1.33. The predicted molar refractivity (Wildman–Crippen MR) is 181 cm³/mol. The van der Waals surface area contributed by atoms with Crippen LogP contribution in [-0.4, -0.2) is 90.6 Å². The zero-order valence-electron chi connectivity index (χ0n) is 27.1. The number of hydrogen-bond donors (Lipinski definition) is 9. The quantitative estimate of drug-likeness (QED) is 0.0750. The minimum Gasteiger partial charge on any atom is -0.480 e. The smallest absolute Gasteiger partial charge is 0.373 e. The molecule has 3 aromatic rings. The van der Waals surface area contributed by atoms with Crippen molar-refractivity contribution in [2.45, 2.75) is 70.2 Å². The minimum absolute atomic E-state index is 0.00537. The van der Waals surface area contributed by atoms with Crippen LogP contribution in [0.4, 0.5) is 11.6 Å². The highest BCUT2D eigenvalue weighted by Gasteiger charge is 2.24. The van der Waals surface area contributed by atoms with E-state index in [1.165, 1.54) is 25.3 Å². The van der Waals surface area contributed by atoms with Gasteiger partial charge in [0.05, 0.1) is 24.5 Å². The molecule has 0 fully saturated rings. The molecule has 2 heterocycles. The summed E-state index contributed by atoms with van der Waals surface area (Å²) in [7, 11) is 0. The number of aromatic nitrogens is 4. The van der Waals surface area contributed by atoms with E-state index in [4.69, 9.17) is 21.1 Å². The number of anilines is 2. The lowest BCUT2D eigenvalue weighted by molar-refractivity contribution is -0.191. The number of aliphatic carboxylic acids is 1. The van der Waals surface area contributed by atoms with Gasteiger partial charge in [-0.15, -0.1) is 0 Å². The van der Waals surface area contributed by atoms with E-state index < -0.39 is 47.4 Å². The molecule has 4 atom stereocenters. The normalized spacial score (nSPS) is 12.9. The lowest BCUT2D eigenvalue weighted by Crippen LogP contribution is -2.51. The van der Waals surface area contributed by atoms with Gasteiger partial charge in [0.2, 0.25) is 17.8 Å². The molecule has 0 spiro atoms. The molecular weight excluding hydrogens is 676 g/mol. The van der Waals surface area contributed by atoms with Crippen LogP contribution in [0.15, 0.2) is 35.3 Å². The van der Waals surface area contributed by atoms with Crippen LogP contribution in [-0.2, 0) is 35.3 Å². The second-order valence-corrected chi connectivity index (χ2v) is 11.3. The number of carboxylic acid groups (broad SMARTS) is 1. The number of nitrogens with one attached hydrogen (secondary N) is 5. The number of nitrogens with two attached hydrogens (primary N) is 2. The Labute approximate surface area is 290 Å². The monoisotopic (exact) mass is 714 g/mol. The summed E-state index contributed by atoms with van der Waals surface area (Å²) in [6, 6.07) is 2.78. The van der Waals surface area contributed by atoms with E-state index in [-0.39, 0.29) is 72.9 Å². The summed E-state index contributed by atoms with van der Waals surface area (Å²) < 4.78 is 0. The van der Waals surface area contributed by atoms with Crippen molar-refractivity contribution in [1.29, 1.82) is 0 Å². The van der Waals surface area contributed by atoms with Gasteiger partial charge < -0.3 is 37.8 Å². The predicted octanol–water partition coefficient (Wildman–Crippen LogP) is -1.10. The van der Waals surface area contributed by atoms with Gasteiger partial charge in [-0.05, 0) is 51.0 Å². The molecule has 0 radical (unpaired) electrons. The third kappa shape index (κ3) is 13.1. The van der Waals surface area contributed by atoms with Gasteiger partial charge in [0.1, 0.15) is 17.9 Å². The highest BCUT2D eigenvalue weighted by atomic mass is 32.1. The van der Waals surface area contributed by atoms with Gasteiger partial charge in [0.25, 0.3) is 11.5 Å². The molecule has 0 aliphatic carbocycles. The molecule has 0 bridgehead atoms. The van der Waals surface area contributed by atoms with Crippen molar-refractivity contribution in [3.63, 3.8) is 0 Å². The number of aromatic amines is 1. The standard InChI is InChI=1S/C29H38N10O7S.CO2/c1-14(13-47)34-24(41)15(2)35-26(43)20(30)9-7-19(40)8-10-21(28(45)46)37-25(42)16-3-5-17(6-4-16)32-11-18-12-33-23-22(36-18)27(44)39-29(31)38-23;2-1-3/h3-6,12,14-15,20-21,32,47H,7-11,13,30H2,1-2H3,(H,34,41)(H,35,43)(H,37,42)(H,45,46)(H3,31,33,38,39,44);. The highest BCUT2D eigenvalue weighted by molar-refractivity contribution is 7.80. The molecule has 0 saturated heterocycles. The molecule has 2 aromatic heterocycles. The summed E-state index contributed by atoms with van der Waals surface area (Å²) in [4.78, 5) is 104. The van der Waals surface area contributed by atoms with Gasteiger partial charge >= 0.3 is 12.1 Å². The van der Waals surface area contributed by atoms with Gasteiger partial charge in [-0.1, -0.05) is 0 Å². The SMILES string of the molecule is CC(CS)NC(=O)C(C)NC(=O)C(N)CCC(=O)CCC(NC(=O)c1ccc(NCc2cnc3nc(N)[nH]c(=O)c3n2)cc1)C(=O)O.O=C=O. The maximum Gasteiger partial charge on any atom is 0.373 e. The van der Waals surface area contributed by atoms with Crippen molar-refractivity contribution < 1.29 is 38.7 Å². The molecule has 3 amide bonds. The van der Waals surface area contributed by atoms with Crippen molar-refractivity contribution >= 4 is 71.1 Å². The number of benzene rings is 1. The molecule has 20 heteroatoms. The Morgan fingerprint density at radius 1 is 0.980 bits per heavy atom. The largest absolute Gasteiger partial charge is 0.480 e. The number of carbonyl (C=O) groups is 5. The Balaban J connectivity index is 0.00000278. The molecule has 10 N–H and O–H groups in total. The number of nitrogens with zero attached hydrogens (tertiary/aromatic N) is 3. The van der Waals surface area contributed by atoms with Crippen LogP contribution in [0.25, 0.3) is 11.2 Å². The first-order valence-corrected chi connectivity index (χ1v) is 15.7. The van der Waals surface area contributed by atoms with Gasteiger partial charge in [-0.25, -0.2) is 14.8 Å². The highest BCUT2D eigenvalue weighted by Crippen LogP contribution is 2.13. The second kappa shape index (κ2) is 19.9. The van der Waals surface area contributed by atoms with Crippen molar-refractivity contribution in [3.05, 3.63) is 52.1 Å². The lowest BCUT2D eigenvalue weighted by Gasteiger charge is -2.19. The van der Waals surface area contributed by atoms with Gasteiger partial charge in [-0.2, -0.15) is 27.2 Å². The van der Waals surface area contributed by atoms with Crippen LogP contribution in [0.1, 0.15) is 55.6 Å². The zero-order chi connectivity index (χ0) is 37.4. The van der Waals surface area contributed by atoms with E-state index in [9.17, 15) is 33.9 Å². The van der Waals surface area contributed by atoms with Gasteiger partial charge in [-0.3, -0.25) is 29.0 Å². The number of amides is 3. The van der Waals surface area contributed by atoms with Crippen LogP contribution in [0.2, 0.25) is 0 Å². The summed E-state index contributed by atoms with van der Waals surface area (Å²) in [5, 5.41) is 20.3. The average molecular weight is 715 g/mol. The molecule has 0 saturated carbocycles. The maximum absolute atomic E-state index is 12.7. The fraction of sp³-hybridized carbons (Fsp3) is 0.400. The molecule has 19 nitrogen and oxygen atoms in total. The van der Waals surface area contributed by atoms with Crippen LogP contribution < -0.4 is 38.3 Å². The second-order valence-electron chi connectivity index (χ2n) is 10.9. The summed E-state index contributed by atoms with van der Waals surface area (Å²) >= 11 is 4.09. The lowest BCUT2D eigenvalue weighted by atomic mass is 10.0. The van der Waals surface area contributed by atoms with Crippen molar-refractivity contribution in [3.8, 4) is 0 Å². The number of nitrogen functional groups attached to an aromatic ring is 1. The zero-order valence-corrected chi connectivity index (χ0v) is 28.0. The fourth-order valence-corrected chi connectivity index (χ4v) is 4.26. The van der Waals surface area contributed by atoms with Crippen LogP contribution >= 0.6 is 12.6 Å². The molecule has 50 heavy (non-hydrogen) atoms. The molecular formula is C30H38N10O9S. The molecule has 0 aliphatic rings. The van der Waals surface area contributed by atoms with E-state index in [2.05, 4.69) is 53.8 Å². The van der Waals surface area contributed by atoms with Crippen LogP contribution in [0.3, 0.4) is 0 Å². The molecule has 4 unspecified atom stereocenters. The van der Waals surface area contributed by atoms with E-state index in [0.717, 1.165) is 0 Å². The van der Waals surface area contributed by atoms with Crippen LogP contribution in [0, 0.1) is 0 Å². The van der Waals surface area contributed by atoms with Gasteiger partial charge in [0.15, 0.2) is 11.2 Å².